The number of tetrazole rings is 1. The average Bonchev–Trinajstić information content (AvgIpc) is 2.99. The van der Waals surface area contributed by atoms with Gasteiger partial charge in [0.2, 0.25) is 5.91 Å². The van der Waals surface area contributed by atoms with Crippen LogP contribution >= 0.6 is 0 Å². The molecule has 1 heterocycles. The van der Waals surface area contributed by atoms with Gasteiger partial charge in [-0.05, 0) is 21.9 Å². The minimum Gasteiger partial charge on any atom is -0.394 e. The number of benzene rings is 1. The minimum absolute atomic E-state index is 0.111. The molecular formula is C14H19N5O2. The highest BCUT2D eigenvalue weighted by molar-refractivity contribution is 5.83. The molecule has 2 aromatic rings. The highest BCUT2D eigenvalue weighted by Gasteiger charge is 2.26. The van der Waals surface area contributed by atoms with E-state index in [1.54, 1.807) is 0 Å². The number of carbonyl (C=O) groups excluding carboxylic acids is 1. The van der Waals surface area contributed by atoms with Crippen molar-refractivity contribution in [2.24, 2.45) is 5.92 Å². The molecule has 0 aliphatic carbocycles. The zero-order chi connectivity index (χ0) is 15.2. The van der Waals surface area contributed by atoms with Crippen LogP contribution in [0.3, 0.4) is 0 Å². The molecule has 1 aromatic heterocycles. The third kappa shape index (κ3) is 3.63. The van der Waals surface area contributed by atoms with Gasteiger partial charge >= 0.3 is 0 Å². The number of amides is 1. The third-order valence-electron chi connectivity index (χ3n) is 3.32. The van der Waals surface area contributed by atoms with Gasteiger partial charge < -0.3 is 10.4 Å². The smallest absolute Gasteiger partial charge is 0.249 e. The maximum Gasteiger partial charge on any atom is 0.249 e. The summed E-state index contributed by atoms with van der Waals surface area (Å²) in [6.07, 6.45) is 1.40. The van der Waals surface area contributed by atoms with Crippen molar-refractivity contribution in [3.63, 3.8) is 0 Å². The number of aliphatic hydroxyl groups excluding tert-OH is 1. The lowest BCUT2D eigenvalue weighted by atomic mass is 10.0. The van der Waals surface area contributed by atoms with Crippen molar-refractivity contribution in [1.29, 1.82) is 0 Å². The summed E-state index contributed by atoms with van der Waals surface area (Å²) in [6, 6.07) is 8.31. The predicted molar refractivity (Wildman–Crippen MR) is 76.3 cm³/mol. The zero-order valence-corrected chi connectivity index (χ0v) is 12.0. The molecule has 0 aliphatic heterocycles. The number of nitrogens with zero attached hydrogens (tertiary/aromatic N) is 4. The van der Waals surface area contributed by atoms with Crippen LogP contribution in [0.25, 0.3) is 0 Å². The van der Waals surface area contributed by atoms with Crippen LogP contribution in [0.4, 0.5) is 0 Å². The first-order chi connectivity index (χ1) is 10.1. The third-order valence-corrected chi connectivity index (χ3v) is 3.32. The number of aliphatic hydroxyl groups is 1. The second-order valence-electron chi connectivity index (χ2n) is 5.14. The van der Waals surface area contributed by atoms with Crippen molar-refractivity contribution in [2.45, 2.75) is 25.9 Å². The minimum atomic E-state index is -0.658. The molecule has 7 heteroatoms. The summed E-state index contributed by atoms with van der Waals surface area (Å²) < 4.78 is 1.40. The topological polar surface area (TPSA) is 92.9 Å². The van der Waals surface area contributed by atoms with Gasteiger partial charge in [0, 0.05) is 0 Å². The number of aromatic nitrogens is 4. The molecule has 0 saturated carbocycles. The lowest BCUT2D eigenvalue weighted by Gasteiger charge is -2.23. The van der Waals surface area contributed by atoms with Gasteiger partial charge in [-0.3, -0.25) is 4.79 Å². The van der Waals surface area contributed by atoms with Crippen molar-refractivity contribution >= 4 is 5.91 Å². The Balaban J connectivity index is 2.26. The fraction of sp³-hybridized carbons (Fsp3) is 0.429. The SMILES string of the molecule is CC(C)[C@H](CO)NC(=O)[C@@H](c1ccccc1)n1cnnn1. The van der Waals surface area contributed by atoms with Crippen LogP contribution < -0.4 is 5.32 Å². The first-order valence-electron chi connectivity index (χ1n) is 6.82. The van der Waals surface area contributed by atoms with Gasteiger partial charge in [-0.2, -0.15) is 0 Å². The van der Waals surface area contributed by atoms with Gasteiger partial charge in [0.1, 0.15) is 6.33 Å². The van der Waals surface area contributed by atoms with Crippen molar-refractivity contribution < 1.29 is 9.90 Å². The molecular weight excluding hydrogens is 270 g/mol. The van der Waals surface area contributed by atoms with Gasteiger partial charge in [0.05, 0.1) is 12.6 Å². The Morgan fingerprint density at radius 1 is 1.33 bits per heavy atom. The predicted octanol–water partition coefficient (Wildman–Crippen LogP) is 0.396. The van der Waals surface area contributed by atoms with Gasteiger partial charge in [-0.1, -0.05) is 44.2 Å². The van der Waals surface area contributed by atoms with E-state index in [9.17, 15) is 9.90 Å². The molecule has 0 fully saturated rings. The highest BCUT2D eigenvalue weighted by atomic mass is 16.3. The lowest BCUT2D eigenvalue weighted by molar-refractivity contribution is -0.124. The standard InChI is InChI=1S/C14H19N5O2/c1-10(2)12(8-20)16-14(21)13(19-9-15-17-18-19)11-6-4-3-5-7-11/h3-7,9-10,12-13,20H,8H2,1-2H3,(H,16,21)/t12-,13+/m0/s1. The van der Waals surface area contributed by atoms with Crippen LogP contribution in [-0.2, 0) is 4.79 Å². The molecule has 2 N–H and O–H groups in total. The number of rotatable bonds is 6. The summed E-state index contributed by atoms with van der Waals surface area (Å²) in [7, 11) is 0. The largest absolute Gasteiger partial charge is 0.394 e. The van der Waals surface area contributed by atoms with Gasteiger partial charge in [-0.15, -0.1) is 5.10 Å². The first-order valence-corrected chi connectivity index (χ1v) is 6.82. The van der Waals surface area contributed by atoms with Gasteiger partial charge in [0.25, 0.3) is 0 Å². The molecule has 112 valence electrons. The van der Waals surface area contributed by atoms with Gasteiger partial charge in [0.15, 0.2) is 6.04 Å². The van der Waals surface area contributed by atoms with Crippen LogP contribution in [-0.4, -0.2) is 43.9 Å². The molecule has 0 radical (unpaired) electrons. The van der Waals surface area contributed by atoms with E-state index in [0.717, 1.165) is 5.56 Å². The molecule has 2 rings (SSSR count). The van der Waals surface area contributed by atoms with Crippen molar-refractivity contribution in [3.05, 3.63) is 42.2 Å². The Morgan fingerprint density at radius 2 is 2.05 bits per heavy atom. The molecule has 0 saturated heterocycles. The van der Waals surface area contributed by atoms with Crippen molar-refractivity contribution in [2.75, 3.05) is 6.61 Å². The molecule has 2 atom stereocenters. The maximum atomic E-state index is 12.6. The molecule has 1 aromatic carbocycles. The molecule has 7 nitrogen and oxygen atoms in total. The Bertz CT molecular complexity index is 556. The van der Waals surface area contributed by atoms with E-state index in [1.165, 1.54) is 11.0 Å². The van der Waals surface area contributed by atoms with E-state index < -0.39 is 6.04 Å². The molecule has 1 amide bonds. The number of hydrogen-bond donors (Lipinski definition) is 2. The fourth-order valence-electron chi connectivity index (χ4n) is 2.03. The monoisotopic (exact) mass is 289 g/mol. The number of carbonyl (C=O) groups is 1. The molecule has 0 bridgehead atoms. The van der Waals surface area contributed by atoms with E-state index in [1.807, 2.05) is 44.2 Å². The second-order valence-corrected chi connectivity index (χ2v) is 5.14. The van der Waals surface area contributed by atoms with Crippen LogP contribution in [0.2, 0.25) is 0 Å². The summed E-state index contributed by atoms with van der Waals surface area (Å²) in [5, 5.41) is 23.2. The summed E-state index contributed by atoms with van der Waals surface area (Å²) in [4.78, 5) is 12.6. The Kier molecular flexibility index (Phi) is 4.99. The highest BCUT2D eigenvalue weighted by Crippen LogP contribution is 2.17. The normalized spacial score (nSPS) is 13.9. The van der Waals surface area contributed by atoms with Crippen LogP contribution in [0.1, 0.15) is 25.5 Å². The number of hydrogen-bond acceptors (Lipinski definition) is 5. The summed E-state index contributed by atoms with van der Waals surface area (Å²) in [6.45, 7) is 3.77. The summed E-state index contributed by atoms with van der Waals surface area (Å²) in [5.74, 6) is -0.120. The Morgan fingerprint density at radius 3 is 2.57 bits per heavy atom. The van der Waals surface area contributed by atoms with E-state index in [-0.39, 0.29) is 24.5 Å². The molecule has 0 spiro atoms. The van der Waals surface area contributed by atoms with E-state index >= 15 is 0 Å². The average molecular weight is 289 g/mol. The van der Waals surface area contributed by atoms with Crippen molar-refractivity contribution in [1.82, 2.24) is 25.5 Å². The second kappa shape index (κ2) is 6.94. The first kappa shape index (κ1) is 15.1. The zero-order valence-electron chi connectivity index (χ0n) is 12.0. The Hall–Kier alpha value is -2.28. The quantitative estimate of drug-likeness (QED) is 0.802. The lowest BCUT2D eigenvalue weighted by Crippen LogP contribution is -2.44. The van der Waals surface area contributed by atoms with E-state index in [4.69, 9.17) is 0 Å². The van der Waals surface area contributed by atoms with Crippen LogP contribution in [0.5, 0.6) is 0 Å². The maximum absolute atomic E-state index is 12.6. The van der Waals surface area contributed by atoms with Crippen LogP contribution in [0, 0.1) is 5.92 Å². The van der Waals surface area contributed by atoms with E-state index in [2.05, 4.69) is 20.8 Å². The number of nitrogens with one attached hydrogen (secondary N) is 1. The van der Waals surface area contributed by atoms with E-state index in [0.29, 0.717) is 0 Å². The van der Waals surface area contributed by atoms with Crippen LogP contribution in [0.15, 0.2) is 36.7 Å². The summed E-state index contributed by atoms with van der Waals surface area (Å²) >= 11 is 0. The Labute approximate surface area is 123 Å². The van der Waals surface area contributed by atoms with Crippen molar-refractivity contribution in [3.8, 4) is 0 Å². The molecule has 0 aliphatic rings. The molecule has 21 heavy (non-hydrogen) atoms. The van der Waals surface area contributed by atoms with Gasteiger partial charge in [-0.25, -0.2) is 4.68 Å². The summed E-state index contributed by atoms with van der Waals surface area (Å²) in [5.41, 5.74) is 0.780. The molecule has 0 unspecified atom stereocenters. The fourth-order valence-corrected chi connectivity index (χ4v) is 2.03.